The van der Waals surface area contributed by atoms with Crippen LogP contribution in [0.3, 0.4) is 0 Å². The number of methoxy groups -OCH3 is 1. The Morgan fingerprint density at radius 2 is 1.93 bits per heavy atom. The van der Waals surface area contributed by atoms with Crippen LogP contribution >= 0.6 is 0 Å². The van der Waals surface area contributed by atoms with Crippen molar-refractivity contribution < 1.29 is 22.7 Å². The molecule has 4 rings (SSSR count). The molecule has 4 N–H and O–H groups in total. The molecular formula is C22H24B3N9O5S. The maximum atomic E-state index is 12.8. The van der Waals surface area contributed by atoms with Crippen LogP contribution in [0.2, 0.25) is 0 Å². The Bertz CT molecular complexity index is 1520. The van der Waals surface area contributed by atoms with Gasteiger partial charge in [-0.1, -0.05) is 11.3 Å². The van der Waals surface area contributed by atoms with Gasteiger partial charge in [0.2, 0.25) is 15.9 Å². The molecule has 1 aliphatic carbocycles. The lowest BCUT2D eigenvalue weighted by Crippen LogP contribution is -2.50. The van der Waals surface area contributed by atoms with Gasteiger partial charge in [-0.15, -0.1) is 10.2 Å². The predicted molar refractivity (Wildman–Crippen MR) is 149 cm³/mol. The fourth-order valence-electron chi connectivity index (χ4n) is 3.61. The molecule has 202 valence electrons. The van der Waals surface area contributed by atoms with E-state index in [0.717, 1.165) is 19.1 Å². The summed E-state index contributed by atoms with van der Waals surface area (Å²) < 4.78 is 30.6. The van der Waals surface area contributed by atoms with Gasteiger partial charge in [0.1, 0.15) is 5.69 Å². The summed E-state index contributed by atoms with van der Waals surface area (Å²) in [6.07, 6.45) is 4.15. The van der Waals surface area contributed by atoms with Crippen LogP contribution in [0.1, 0.15) is 23.3 Å². The van der Waals surface area contributed by atoms with Crippen LogP contribution in [0.15, 0.2) is 30.5 Å². The molecule has 40 heavy (non-hydrogen) atoms. The van der Waals surface area contributed by atoms with Crippen LogP contribution in [0.4, 0.5) is 17.2 Å². The Morgan fingerprint density at radius 1 is 1.18 bits per heavy atom. The molecule has 2 amide bonds. The standard InChI is InChI=1S/C22H24B3N9O5S/c1-39-19-13(16-11-26-34(33-16)9-8-27-40(2,37)38)4-3-5-14(19)28-15-10-17(29-20(35)12-6-7-12)31-32-18(15)21(36)30-22(23,24)25/h3-5,10-12,27H,6-9H2,1-2H3,(H,30,36)(H2,28,29,31,35). The lowest BCUT2D eigenvalue weighted by atomic mass is 9.49. The van der Waals surface area contributed by atoms with E-state index >= 15 is 0 Å². The lowest BCUT2D eigenvalue weighted by molar-refractivity contribution is -0.117. The van der Waals surface area contributed by atoms with E-state index in [2.05, 4.69) is 41.1 Å². The summed E-state index contributed by atoms with van der Waals surface area (Å²) >= 11 is 0. The maximum absolute atomic E-state index is 12.8. The van der Waals surface area contributed by atoms with E-state index in [9.17, 15) is 18.0 Å². The van der Waals surface area contributed by atoms with E-state index in [1.807, 2.05) is 0 Å². The zero-order valence-electron chi connectivity index (χ0n) is 21.7. The lowest BCUT2D eigenvalue weighted by Gasteiger charge is -2.23. The zero-order chi connectivity index (χ0) is 29.1. The van der Waals surface area contributed by atoms with E-state index < -0.39 is 21.2 Å². The Hall–Kier alpha value is -3.92. The molecule has 2 aromatic heterocycles. The quantitative estimate of drug-likeness (QED) is 0.206. The van der Waals surface area contributed by atoms with Crippen LogP contribution in [0.5, 0.6) is 5.75 Å². The number of carbonyl (C=O) groups is 2. The van der Waals surface area contributed by atoms with Gasteiger partial charge in [-0.05, 0) is 25.0 Å². The fraction of sp³-hybridized carbons (Fsp3) is 0.364. The Balaban J connectivity index is 1.64. The predicted octanol–water partition coefficient (Wildman–Crippen LogP) is -0.768. The van der Waals surface area contributed by atoms with Gasteiger partial charge >= 0.3 is 0 Å². The van der Waals surface area contributed by atoms with Crippen molar-refractivity contribution in [1.29, 1.82) is 0 Å². The number of benzene rings is 1. The highest BCUT2D eigenvalue weighted by Crippen LogP contribution is 2.37. The van der Waals surface area contributed by atoms with Gasteiger partial charge in [-0.3, -0.25) is 9.59 Å². The number of aromatic nitrogens is 5. The van der Waals surface area contributed by atoms with Crippen LogP contribution in [0.25, 0.3) is 11.3 Å². The molecule has 3 aromatic rings. The second kappa shape index (κ2) is 11.7. The van der Waals surface area contributed by atoms with E-state index in [1.165, 1.54) is 24.2 Å². The number of hydrogen-bond acceptors (Lipinski definition) is 10. The first-order valence-electron chi connectivity index (χ1n) is 12.0. The van der Waals surface area contributed by atoms with E-state index in [1.54, 1.807) is 18.2 Å². The largest absolute Gasteiger partial charge is 0.494 e. The monoisotopic (exact) mass is 559 g/mol. The third-order valence-electron chi connectivity index (χ3n) is 5.52. The number of nitrogens with one attached hydrogen (secondary N) is 4. The number of anilines is 3. The smallest absolute Gasteiger partial charge is 0.272 e. The van der Waals surface area contributed by atoms with Crippen LogP contribution < -0.4 is 25.4 Å². The van der Waals surface area contributed by atoms with Crippen LogP contribution in [0, 0.1) is 5.92 Å². The minimum absolute atomic E-state index is 0.0825. The number of carbonyl (C=O) groups excluding carboxylic acids is 2. The highest BCUT2D eigenvalue weighted by molar-refractivity contribution is 7.88. The molecular weight excluding hydrogens is 535 g/mol. The molecule has 18 heteroatoms. The molecule has 1 fully saturated rings. The van der Waals surface area contributed by atoms with Crippen molar-refractivity contribution >= 4 is 62.6 Å². The normalized spacial score (nSPS) is 13.4. The highest BCUT2D eigenvalue weighted by Gasteiger charge is 2.30. The molecule has 0 saturated heterocycles. The summed E-state index contributed by atoms with van der Waals surface area (Å²) in [6, 6.07) is 6.59. The third-order valence-corrected chi connectivity index (χ3v) is 6.24. The van der Waals surface area contributed by atoms with Crippen molar-refractivity contribution in [1.82, 2.24) is 35.2 Å². The molecule has 0 atom stereocenters. The number of rotatable bonds is 12. The maximum Gasteiger partial charge on any atom is 0.272 e. The van der Waals surface area contributed by atoms with Gasteiger partial charge in [-0.2, -0.15) is 15.0 Å². The number of sulfonamides is 1. The van der Waals surface area contributed by atoms with Gasteiger partial charge in [0.05, 0.1) is 61.0 Å². The van der Waals surface area contributed by atoms with Crippen molar-refractivity contribution in [3.8, 4) is 17.0 Å². The first-order chi connectivity index (χ1) is 18.8. The average Bonchev–Trinajstić information content (AvgIpc) is 3.61. The SMILES string of the molecule is [B]C([B])([B])NC(=O)c1nnc(NC(=O)C2CC2)cc1Nc1cccc(-c2cnn(CCNS(C)(=O)=O)n2)c1OC. The first-order valence-corrected chi connectivity index (χ1v) is 13.9. The zero-order valence-corrected chi connectivity index (χ0v) is 22.5. The molecule has 0 bridgehead atoms. The highest BCUT2D eigenvalue weighted by atomic mass is 32.2. The van der Waals surface area contributed by atoms with Crippen molar-refractivity contribution in [2.75, 3.05) is 30.5 Å². The van der Waals surface area contributed by atoms with Gasteiger partial charge in [0.15, 0.2) is 17.3 Å². The van der Waals surface area contributed by atoms with Gasteiger partial charge in [-0.25, -0.2) is 13.1 Å². The van der Waals surface area contributed by atoms with Crippen molar-refractivity contribution in [3.63, 3.8) is 0 Å². The Labute approximate surface area is 234 Å². The molecule has 0 spiro atoms. The molecule has 14 nitrogen and oxygen atoms in total. The summed E-state index contributed by atoms with van der Waals surface area (Å²) in [5.74, 6) is -0.626. The van der Waals surface area contributed by atoms with E-state index in [0.29, 0.717) is 22.7 Å². The molecule has 6 radical (unpaired) electrons. The van der Waals surface area contributed by atoms with E-state index in [4.69, 9.17) is 28.3 Å². The van der Waals surface area contributed by atoms with Gasteiger partial charge in [0, 0.05) is 24.1 Å². The molecule has 1 aliphatic rings. The van der Waals surface area contributed by atoms with Gasteiger partial charge in [0.25, 0.3) is 5.91 Å². The minimum Gasteiger partial charge on any atom is -0.494 e. The summed E-state index contributed by atoms with van der Waals surface area (Å²) in [5.41, 5.74) is 1.35. The van der Waals surface area contributed by atoms with Crippen LogP contribution in [-0.2, 0) is 21.4 Å². The van der Waals surface area contributed by atoms with Crippen molar-refractivity contribution in [2.24, 2.45) is 5.92 Å². The van der Waals surface area contributed by atoms with Gasteiger partial charge < -0.3 is 20.7 Å². The summed E-state index contributed by atoms with van der Waals surface area (Å²) in [7, 11) is 14.7. The molecule has 0 unspecified atom stereocenters. The summed E-state index contributed by atoms with van der Waals surface area (Å²) in [5, 5.41) is 22.4. The Kier molecular flexibility index (Phi) is 8.49. The number of hydrogen-bond donors (Lipinski definition) is 4. The Morgan fingerprint density at radius 3 is 2.58 bits per heavy atom. The van der Waals surface area contributed by atoms with Crippen molar-refractivity contribution in [3.05, 3.63) is 36.2 Å². The fourth-order valence-corrected chi connectivity index (χ4v) is 4.07. The third kappa shape index (κ3) is 7.82. The number of para-hydroxylation sites is 1. The second-order valence-corrected chi connectivity index (χ2v) is 11.0. The molecule has 0 aliphatic heterocycles. The number of amides is 2. The van der Waals surface area contributed by atoms with Crippen LogP contribution in [-0.4, -0.2) is 94.1 Å². The molecule has 2 heterocycles. The average molecular weight is 559 g/mol. The summed E-state index contributed by atoms with van der Waals surface area (Å²) in [6.45, 7) is 0.315. The van der Waals surface area contributed by atoms with E-state index in [-0.39, 0.29) is 42.1 Å². The second-order valence-electron chi connectivity index (χ2n) is 9.15. The topological polar surface area (TPSA) is 182 Å². The number of ether oxygens (including phenoxy) is 1. The van der Waals surface area contributed by atoms with Crippen molar-refractivity contribution in [2.45, 2.75) is 24.6 Å². The summed E-state index contributed by atoms with van der Waals surface area (Å²) in [4.78, 5) is 26.5. The molecule has 1 saturated carbocycles. The molecule has 1 aromatic carbocycles. The first kappa shape index (κ1) is 29.1. The minimum atomic E-state index is -3.35. The number of nitrogens with zero attached hydrogens (tertiary/aromatic N) is 5.